The van der Waals surface area contributed by atoms with Crippen molar-refractivity contribution in [2.24, 2.45) is 0 Å². The molecule has 0 bridgehead atoms. The summed E-state index contributed by atoms with van der Waals surface area (Å²) in [6, 6.07) is 21.3. The molecule has 0 aliphatic carbocycles. The Kier molecular flexibility index (Phi) is 3.96. The molecule has 130 valence electrons. The molecule has 0 radical (unpaired) electrons. The highest BCUT2D eigenvalue weighted by molar-refractivity contribution is 8.02. The summed E-state index contributed by atoms with van der Waals surface area (Å²) in [5.41, 5.74) is 1.52. The highest BCUT2D eigenvalue weighted by Crippen LogP contribution is 2.45. The minimum Gasteiger partial charge on any atom is -0.324 e. The predicted octanol–water partition coefficient (Wildman–Crippen LogP) is 4.31. The average Bonchev–Trinajstić information content (AvgIpc) is 2.66. The summed E-state index contributed by atoms with van der Waals surface area (Å²) in [5.74, 6) is -0.538. The number of benzene rings is 3. The fraction of sp³-hybridized carbons (Fsp3) is 0.143. The number of fused-ring (bicyclic) bond motifs is 2. The van der Waals surface area contributed by atoms with Crippen LogP contribution < -0.4 is 10.2 Å². The molecule has 26 heavy (non-hydrogen) atoms. The summed E-state index contributed by atoms with van der Waals surface area (Å²) in [6.45, 7) is 1.68. The van der Waals surface area contributed by atoms with Crippen LogP contribution in [0.15, 0.2) is 71.6 Å². The van der Waals surface area contributed by atoms with Gasteiger partial charge >= 0.3 is 0 Å². The second-order valence-corrected chi connectivity index (χ2v) is 7.94. The topological polar surface area (TPSA) is 49.4 Å². The van der Waals surface area contributed by atoms with E-state index in [1.54, 1.807) is 18.9 Å². The third kappa shape index (κ3) is 2.65. The lowest BCUT2D eigenvalue weighted by Gasteiger charge is -2.36. The first-order chi connectivity index (χ1) is 12.5. The summed E-state index contributed by atoms with van der Waals surface area (Å²) in [7, 11) is 1.71. The Balaban J connectivity index is 1.65. The molecule has 0 spiro atoms. The van der Waals surface area contributed by atoms with E-state index in [1.165, 1.54) is 11.8 Å². The third-order valence-corrected chi connectivity index (χ3v) is 6.03. The third-order valence-electron chi connectivity index (χ3n) is 4.69. The fourth-order valence-electron chi connectivity index (χ4n) is 3.17. The molecule has 1 unspecified atom stereocenters. The maximum Gasteiger partial charge on any atom is 0.252 e. The maximum absolute atomic E-state index is 13.0. The normalized spacial score (nSPS) is 19.3. The van der Waals surface area contributed by atoms with Gasteiger partial charge in [0.2, 0.25) is 5.91 Å². The van der Waals surface area contributed by atoms with E-state index in [9.17, 15) is 9.59 Å². The zero-order chi connectivity index (χ0) is 18.3. The molecule has 4 rings (SSSR count). The lowest BCUT2D eigenvalue weighted by molar-refractivity contribution is -0.128. The van der Waals surface area contributed by atoms with Gasteiger partial charge in [-0.15, -0.1) is 0 Å². The van der Waals surface area contributed by atoms with E-state index >= 15 is 0 Å². The molecule has 2 amide bonds. The number of carbonyl (C=O) groups is 2. The first-order valence-corrected chi connectivity index (χ1v) is 9.17. The molecular weight excluding hydrogens is 344 g/mol. The smallest absolute Gasteiger partial charge is 0.252 e. The van der Waals surface area contributed by atoms with Crippen molar-refractivity contribution in [1.82, 2.24) is 0 Å². The molecular formula is C21H18N2O2S. The number of nitrogens with zero attached hydrogens (tertiary/aromatic N) is 1. The van der Waals surface area contributed by atoms with Crippen LogP contribution in [-0.4, -0.2) is 23.6 Å². The van der Waals surface area contributed by atoms with Gasteiger partial charge in [0.25, 0.3) is 5.91 Å². The Morgan fingerprint density at radius 2 is 1.69 bits per heavy atom. The van der Waals surface area contributed by atoms with E-state index in [0.29, 0.717) is 5.69 Å². The van der Waals surface area contributed by atoms with Gasteiger partial charge in [0.1, 0.15) is 0 Å². The molecule has 4 nitrogen and oxygen atoms in total. The van der Waals surface area contributed by atoms with Crippen molar-refractivity contribution in [1.29, 1.82) is 0 Å². The number of nitrogens with one attached hydrogen (secondary N) is 1. The molecule has 0 aromatic heterocycles. The first-order valence-electron chi connectivity index (χ1n) is 8.35. The van der Waals surface area contributed by atoms with E-state index in [-0.39, 0.29) is 11.8 Å². The molecule has 1 aliphatic heterocycles. The summed E-state index contributed by atoms with van der Waals surface area (Å²) in [4.78, 5) is 28.4. The molecule has 1 aliphatic rings. The Morgan fingerprint density at radius 3 is 2.50 bits per heavy atom. The quantitative estimate of drug-likeness (QED) is 0.691. The number of anilines is 2. The monoisotopic (exact) mass is 362 g/mol. The van der Waals surface area contributed by atoms with Crippen LogP contribution in [-0.2, 0) is 9.59 Å². The number of rotatable bonds is 2. The van der Waals surface area contributed by atoms with Gasteiger partial charge in [0, 0.05) is 17.6 Å². The zero-order valence-electron chi connectivity index (χ0n) is 14.5. The van der Waals surface area contributed by atoms with Gasteiger partial charge in [-0.3, -0.25) is 9.59 Å². The number of para-hydroxylation sites is 1. The van der Waals surface area contributed by atoms with Gasteiger partial charge in [0.15, 0.2) is 4.75 Å². The number of hydrogen-bond donors (Lipinski definition) is 1. The molecule has 1 atom stereocenters. The van der Waals surface area contributed by atoms with Crippen LogP contribution in [0.2, 0.25) is 0 Å². The zero-order valence-corrected chi connectivity index (χ0v) is 15.3. The summed E-state index contributed by atoms with van der Waals surface area (Å²) in [5, 5.41) is 5.07. The van der Waals surface area contributed by atoms with Gasteiger partial charge in [-0.25, -0.2) is 0 Å². The fourth-order valence-corrected chi connectivity index (χ4v) is 4.44. The van der Waals surface area contributed by atoms with E-state index in [0.717, 1.165) is 21.4 Å². The van der Waals surface area contributed by atoms with Crippen molar-refractivity contribution in [3.05, 3.63) is 66.7 Å². The predicted molar refractivity (Wildman–Crippen MR) is 107 cm³/mol. The standard InChI is InChI=1S/C21H18N2O2S/c1-21(20(25)23(2)17-9-5-6-10-18(17)26-21)19(24)22-16-12-11-14-7-3-4-8-15(14)13-16/h3-13H,1-2H3,(H,22,24). The number of hydrogen-bond acceptors (Lipinski definition) is 3. The number of amides is 2. The molecule has 0 saturated carbocycles. The van der Waals surface area contributed by atoms with Crippen molar-refractivity contribution < 1.29 is 9.59 Å². The first kappa shape index (κ1) is 16.7. The summed E-state index contributed by atoms with van der Waals surface area (Å²) >= 11 is 1.30. The van der Waals surface area contributed by atoms with Gasteiger partial charge in [-0.1, -0.05) is 54.2 Å². The minimum absolute atomic E-state index is 0.223. The molecule has 0 fully saturated rings. The Labute approximate surface area is 156 Å². The van der Waals surface area contributed by atoms with Crippen molar-refractivity contribution in [3.63, 3.8) is 0 Å². The van der Waals surface area contributed by atoms with Gasteiger partial charge in [-0.05, 0) is 42.0 Å². The van der Waals surface area contributed by atoms with Crippen LogP contribution in [0.1, 0.15) is 6.92 Å². The number of thioether (sulfide) groups is 1. The average molecular weight is 362 g/mol. The Morgan fingerprint density at radius 1 is 1.00 bits per heavy atom. The van der Waals surface area contributed by atoms with Crippen molar-refractivity contribution >= 4 is 45.7 Å². The highest BCUT2D eigenvalue weighted by atomic mass is 32.2. The lowest BCUT2D eigenvalue weighted by Crippen LogP contribution is -2.53. The largest absolute Gasteiger partial charge is 0.324 e. The Bertz CT molecular complexity index is 1030. The molecule has 1 N–H and O–H groups in total. The minimum atomic E-state index is -1.21. The van der Waals surface area contributed by atoms with E-state index in [4.69, 9.17) is 0 Å². The van der Waals surface area contributed by atoms with E-state index in [2.05, 4.69) is 5.32 Å². The highest BCUT2D eigenvalue weighted by Gasteiger charge is 2.48. The van der Waals surface area contributed by atoms with Crippen LogP contribution in [0.5, 0.6) is 0 Å². The van der Waals surface area contributed by atoms with Crippen LogP contribution in [0.4, 0.5) is 11.4 Å². The second kappa shape index (κ2) is 6.18. The lowest BCUT2D eigenvalue weighted by atomic mass is 10.1. The van der Waals surface area contributed by atoms with Crippen molar-refractivity contribution in [3.8, 4) is 0 Å². The molecule has 5 heteroatoms. The van der Waals surface area contributed by atoms with E-state index in [1.807, 2.05) is 66.7 Å². The number of carbonyl (C=O) groups excluding carboxylic acids is 2. The maximum atomic E-state index is 13.0. The van der Waals surface area contributed by atoms with Gasteiger partial charge < -0.3 is 10.2 Å². The van der Waals surface area contributed by atoms with Crippen molar-refractivity contribution in [2.45, 2.75) is 16.6 Å². The molecule has 3 aromatic carbocycles. The van der Waals surface area contributed by atoms with Crippen molar-refractivity contribution in [2.75, 3.05) is 17.3 Å². The van der Waals surface area contributed by atoms with E-state index < -0.39 is 4.75 Å². The van der Waals surface area contributed by atoms with Gasteiger partial charge in [-0.2, -0.15) is 0 Å². The van der Waals surface area contributed by atoms with Crippen LogP contribution in [0.3, 0.4) is 0 Å². The SMILES string of the molecule is CN1C(=O)C(C)(C(=O)Nc2ccc3ccccc3c2)Sc2ccccc21. The van der Waals surface area contributed by atoms with Crippen LogP contribution >= 0.6 is 11.8 Å². The summed E-state index contributed by atoms with van der Waals surface area (Å²) < 4.78 is -1.21. The molecule has 1 heterocycles. The van der Waals surface area contributed by atoms with Crippen LogP contribution in [0, 0.1) is 0 Å². The molecule has 0 saturated heterocycles. The van der Waals surface area contributed by atoms with Gasteiger partial charge in [0.05, 0.1) is 5.69 Å². The second-order valence-electron chi connectivity index (χ2n) is 6.48. The van der Waals surface area contributed by atoms with Crippen LogP contribution in [0.25, 0.3) is 10.8 Å². The molecule has 3 aromatic rings. The Hall–Kier alpha value is -2.79. The summed E-state index contributed by atoms with van der Waals surface area (Å²) in [6.07, 6.45) is 0.